The maximum Gasteiger partial charge on any atom is 0.263 e. The molecule has 2 aromatic heterocycles. The molecule has 0 unspecified atom stereocenters. The molecule has 0 bridgehead atoms. The van der Waals surface area contributed by atoms with Crippen molar-refractivity contribution in [2.24, 2.45) is 5.92 Å². The van der Waals surface area contributed by atoms with E-state index in [0.717, 1.165) is 24.8 Å². The third kappa shape index (κ3) is 3.71. The Bertz CT molecular complexity index is 1060. The Hall–Kier alpha value is -2.54. The molecule has 1 amide bonds. The molecule has 1 aliphatic carbocycles. The summed E-state index contributed by atoms with van der Waals surface area (Å²) >= 11 is 1.36. The molecule has 28 heavy (non-hydrogen) atoms. The number of nitrogens with one attached hydrogen (secondary N) is 1. The number of thiophene rings is 1. The molecule has 2 atom stereocenters. The first-order chi connectivity index (χ1) is 13.5. The van der Waals surface area contributed by atoms with Crippen LogP contribution in [0.4, 0.5) is 4.39 Å². The molecule has 0 spiro atoms. The first-order valence-corrected chi connectivity index (χ1v) is 10.4. The van der Waals surface area contributed by atoms with Crippen LogP contribution < -0.4 is 10.9 Å². The third-order valence-electron chi connectivity index (χ3n) is 5.49. The second-order valence-corrected chi connectivity index (χ2v) is 8.31. The standard InChI is InChI=1S/C21H22FN3O2S/c1-13-4-2-3-5-17(13)24-18(26)10-25-12-23-20-19(21(25)27)16(11-28-20)14-6-8-15(22)9-7-14/h6-9,11-13,17H,2-5,10H2,1H3,(H,24,26)/t13-,17-/m1/s1. The minimum Gasteiger partial charge on any atom is -0.352 e. The SMILES string of the molecule is C[C@@H]1CCCC[C@H]1NC(=O)Cn1cnc2scc(-c3ccc(F)cc3)c2c1=O. The van der Waals surface area contributed by atoms with E-state index in [4.69, 9.17) is 0 Å². The lowest BCUT2D eigenvalue weighted by Crippen LogP contribution is -2.43. The molecule has 0 aliphatic heterocycles. The van der Waals surface area contributed by atoms with Gasteiger partial charge in [0.2, 0.25) is 5.91 Å². The Balaban J connectivity index is 1.60. The van der Waals surface area contributed by atoms with Gasteiger partial charge in [0.1, 0.15) is 17.2 Å². The summed E-state index contributed by atoms with van der Waals surface area (Å²) in [7, 11) is 0. The lowest BCUT2D eigenvalue weighted by atomic mass is 9.86. The number of nitrogens with zero attached hydrogens (tertiary/aromatic N) is 2. The Kier molecular flexibility index (Phi) is 5.26. The maximum atomic E-state index is 13.2. The summed E-state index contributed by atoms with van der Waals surface area (Å²) in [5.41, 5.74) is 1.22. The molecule has 0 saturated heterocycles. The number of amides is 1. The molecule has 1 aliphatic rings. The monoisotopic (exact) mass is 399 g/mol. The Labute approximate surface area is 166 Å². The van der Waals surface area contributed by atoms with Gasteiger partial charge in [0, 0.05) is 17.0 Å². The van der Waals surface area contributed by atoms with Crippen molar-refractivity contribution in [3.63, 3.8) is 0 Å². The van der Waals surface area contributed by atoms with Crippen molar-refractivity contribution in [2.75, 3.05) is 0 Å². The van der Waals surface area contributed by atoms with Gasteiger partial charge in [-0.1, -0.05) is 31.9 Å². The van der Waals surface area contributed by atoms with E-state index in [0.29, 0.717) is 21.7 Å². The van der Waals surface area contributed by atoms with Gasteiger partial charge in [-0.05, 0) is 36.5 Å². The number of fused-ring (bicyclic) bond motifs is 1. The topological polar surface area (TPSA) is 64.0 Å². The van der Waals surface area contributed by atoms with Crippen molar-refractivity contribution in [2.45, 2.75) is 45.2 Å². The van der Waals surface area contributed by atoms with E-state index in [1.54, 1.807) is 12.1 Å². The van der Waals surface area contributed by atoms with E-state index in [9.17, 15) is 14.0 Å². The van der Waals surface area contributed by atoms with Crippen LogP contribution in [0.1, 0.15) is 32.6 Å². The largest absolute Gasteiger partial charge is 0.352 e. The highest BCUT2D eigenvalue weighted by molar-refractivity contribution is 7.17. The molecule has 1 saturated carbocycles. The minimum absolute atomic E-state index is 0.0519. The fraction of sp³-hybridized carbons (Fsp3) is 0.381. The lowest BCUT2D eigenvalue weighted by Gasteiger charge is -2.29. The van der Waals surface area contributed by atoms with E-state index < -0.39 is 0 Å². The average molecular weight is 399 g/mol. The quantitative estimate of drug-likeness (QED) is 0.722. The first kappa shape index (κ1) is 18.8. The van der Waals surface area contributed by atoms with E-state index in [1.807, 2.05) is 5.38 Å². The van der Waals surface area contributed by atoms with Gasteiger partial charge >= 0.3 is 0 Å². The lowest BCUT2D eigenvalue weighted by molar-refractivity contribution is -0.123. The molecular weight excluding hydrogens is 377 g/mol. The highest BCUT2D eigenvalue weighted by Crippen LogP contribution is 2.30. The second-order valence-electron chi connectivity index (χ2n) is 7.45. The number of halogens is 1. The van der Waals surface area contributed by atoms with Gasteiger partial charge in [0.25, 0.3) is 5.56 Å². The highest BCUT2D eigenvalue weighted by atomic mass is 32.1. The van der Waals surface area contributed by atoms with Crippen molar-refractivity contribution in [3.05, 3.63) is 52.1 Å². The number of hydrogen-bond acceptors (Lipinski definition) is 4. The van der Waals surface area contributed by atoms with Crippen molar-refractivity contribution in [1.82, 2.24) is 14.9 Å². The van der Waals surface area contributed by atoms with Gasteiger partial charge < -0.3 is 5.32 Å². The van der Waals surface area contributed by atoms with Crippen LogP contribution >= 0.6 is 11.3 Å². The second kappa shape index (κ2) is 7.83. The Morgan fingerprint density at radius 1 is 1.29 bits per heavy atom. The predicted octanol–water partition coefficient (Wildman–Crippen LogP) is 3.96. The number of hydrogen-bond donors (Lipinski definition) is 1. The van der Waals surface area contributed by atoms with Crippen LogP contribution in [0.2, 0.25) is 0 Å². The fourth-order valence-corrected chi connectivity index (χ4v) is 4.77. The smallest absolute Gasteiger partial charge is 0.263 e. The zero-order valence-electron chi connectivity index (χ0n) is 15.7. The highest BCUT2D eigenvalue weighted by Gasteiger charge is 2.23. The number of rotatable bonds is 4. The third-order valence-corrected chi connectivity index (χ3v) is 6.37. The summed E-state index contributed by atoms with van der Waals surface area (Å²) in [6, 6.07) is 6.19. The van der Waals surface area contributed by atoms with Gasteiger partial charge in [-0.2, -0.15) is 0 Å². The van der Waals surface area contributed by atoms with Gasteiger partial charge in [-0.3, -0.25) is 14.2 Å². The number of aromatic nitrogens is 2. The van der Waals surface area contributed by atoms with E-state index >= 15 is 0 Å². The van der Waals surface area contributed by atoms with Crippen LogP contribution in [-0.4, -0.2) is 21.5 Å². The summed E-state index contributed by atoms with van der Waals surface area (Å²) in [6.07, 6.45) is 5.86. The average Bonchev–Trinajstić information content (AvgIpc) is 3.11. The Morgan fingerprint density at radius 3 is 2.79 bits per heavy atom. The molecule has 0 radical (unpaired) electrons. The molecule has 5 nitrogen and oxygen atoms in total. The first-order valence-electron chi connectivity index (χ1n) is 9.55. The molecule has 1 fully saturated rings. The van der Waals surface area contributed by atoms with Crippen LogP contribution in [0.25, 0.3) is 21.3 Å². The molecule has 146 valence electrons. The van der Waals surface area contributed by atoms with Crippen molar-refractivity contribution in [3.8, 4) is 11.1 Å². The molecule has 3 aromatic rings. The number of carbonyl (C=O) groups excluding carboxylic acids is 1. The van der Waals surface area contributed by atoms with Gasteiger partial charge in [-0.25, -0.2) is 9.37 Å². The molecule has 1 N–H and O–H groups in total. The van der Waals surface area contributed by atoms with Crippen molar-refractivity contribution < 1.29 is 9.18 Å². The van der Waals surface area contributed by atoms with Gasteiger partial charge in [0.15, 0.2) is 0 Å². The van der Waals surface area contributed by atoms with Gasteiger partial charge in [-0.15, -0.1) is 11.3 Å². The predicted molar refractivity (Wildman–Crippen MR) is 109 cm³/mol. The van der Waals surface area contributed by atoms with E-state index in [-0.39, 0.29) is 29.9 Å². The summed E-state index contributed by atoms with van der Waals surface area (Å²) in [5.74, 6) is -0.0371. The zero-order chi connectivity index (χ0) is 19.7. The van der Waals surface area contributed by atoms with Crippen LogP contribution in [0.3, 0.4) is 0 Å². The number of benzene rings is 1. The van der Waals surface area contributed by atoms with Crippen LogP contribution in [0, 0.1) is 11.7 Å². The van der Waals surface area contributed by atoms with Crippen molar-refractivity contribution in [1.29, 1.82) is 0 Å². The molecular formula is C21H22FN3O2S. The molecule has 7 heteroatoms. The van der Waals surface area contributed by atoms with Crippen molar-refractivity contribution >= 4 is 27.5 Å². The molecule has 2 heterocycles. The zero-order valence-corrected chi connectivity index (χ0v) is 16.5. The summed E-state index contributed by atoms with van der Waals surface area (Å²) in [5, 5.41) is 5.39. The molecule has 1 aromatic carbocycles. The Morgan fingerprint density at radius 2 is 2.04 bits per heavy atom. The fourth-order valence-electron chi connectivity index (χ4n) is 3.86. The van der Waals surface area contributed by atoms with Gasteiger partial charge in [0.05, 0.1) is 11.7 Å². The van der Waals surface area contributed by atoms with E-state index in [1.165, 1.54) is 40.8 Å². The van der Waals surface area contributed by atoms with Crippen LogP contribution in [-0.2, 0) is 11.3 Å². The minimum atomic E-state index is -0.326. The van der Waals surface area contributed by atoms with E-state index in [2.05, 4.69) is 17.2 Å². The van der Waals surface area contributed by atoms with Crippen LogP contribution in [0.5, 0.6) is 0 Å². The maximum absolute atomic E-state index is 13.2. The summed E-state index contributed by atoms with van der Waals surface area (Å²) in [6.45, 7) is 2.11. The molecule has 4 rings (SSSR count). The number of carbonyl (C=O) groups is 1. The summed E-state index contributed by atoms with van der Waals surface area (Å²) < 4.78 is 14.6. The van der Waals surface area contributed by atoms with Crippen LogP contribution in [0.15, 0.2) is 40.8 Å². The normalized spacial score (nSPS) is 19.6. The summed E-state index contributed by atoms with van der Waals surface area (Å²) in [4.78, 5) is 30.5.